The van der Waals surface area contributed by atoms with Gasteiger partial charge in [-0.25, -0.2) is 4.98 Å². The molecule has 0 saturated carbocycles. The van der Waals surface area contributed by atoms with Crippen molar-refractivity contribution in [2.45, 2.75) is 26.3 Å². The second kappa shape index (κ2) is 4.63. The summed E-state index contributed by atoms with van der Waals surface area (Å²) < 4.78 is 5.48. The first kappa shape index (κ1) is 12.7. The molecule has 2 fully saturated rings. The van der Waals surface area contributed by atoms with Crippen LogP contribution in [-0.2, 0) is 0 Å². The van der Waals surface area contributed by atoms with Crippen LogP contribution < -0.4 is 15.0 Å². The summed E-state index contributed by atoms with van der Waals surface area (Å²) in [6.07, 6.45) is 1.79. The van der Waals surface area contributed by atoms with Crippen LogP contribution in [0.3, 0.4) is 0 Å². The molecule has 3 rings (SSSR count). The molecule has 104 valence electrons. The maximum absolute atomic E-state index is 5.48. The van der Waals surface area contributed by atoms with Gasteiger partial charge in [0.05, 0.1) is 6.61 Å². The smallest absolute Gasteiger partial charge is 0.229 e. The van der Waals surface area contributed by atoms with Gasteiger partial charge in [-0.05, 0) is 32.6 Å². The fourth-order valence-electron chi connectivity index (χ4n) is 3.45. The van der Waals surface area contributed by atoms with E-state index in [1.54, 1.807) is 6.20 Å². The quantitative estimate of drug-likeness (QED) is 0.890. The van der Waals surface area contributed by atoms with E-state index in [0.717, 1.165) is 25.6 Å². The van der Waals surface area contributed by atoms with Crippen molar-refractivity contribution in [3.63, 3.8) is 0 Å². The molecular weight excluding hydrogens is 240 g/mol. The molecule has 1 N–H and O–H groups in total. The lowest BCUT2D eigenvalue weighted by molar-refractivity contribution is 0.324. The monoisotopic (exact) mass is 262 g/mol. The number of fused-ring (bicyclic) bond motifs is 1. The summed E-state index contributed by atoms with van der Waals surface area (Å²) in [4.78, 5) is 11.3. The topological polar surface area (TPSA) is 50.3 Å². The molecule has 2 unspecified atom stereocenters. The molecule has 0 radical (unpaired) electrons. The molecule has 0 bridgehead atoms. The molecule has 5 heteroatoms. The number of hydrogen-bond donors (Lipinski definition) is 1. The summed E-state index contributed by atoms with van der Waals surface area (Å²) in [6, 6.07) is 1.82. The number of aromatic nitrogens is 2. The van der Waals surface area contributed by atoms with Gasteiger partial charge in [-0.15, -0.1) is 0 Å². The molecule has 0 aliphatic carbocycles. The van der Waals surface area contributed by atoms with Crippen molar-refractivity contribution in [3.8, 4) is 5.88 Å². The predicted octanol–water partition coefficient (Wildman–Crippen LogP) is 1.31. The van der Waals surface area contributed by atoms with E-state index >= 15 is 0 Å². The van der Waals surface area contributed by atoms with E-state index in [-0.39, 0.29) is 5.54 Å². The van der Waals surface area contributed by atoms with Crippen LogP contribution in [0, 0.1) is 11.8 Å². The lowest BCUT2D eigenvalue weighted by Gasteiger charge is -2.35. The average molecular weight is 262 g/mol. The molecule has 2 atom stereocenters. The van der Waals surface area contributed by atoms with Gasteiger partial charge in [-0.2, -0.15) is 4.98 Å². The molecule has 2 saturated heterocycles. The van der Waals surface area contributed by atoms with Gasteiger partial charge in [0, 0.05) is 37.4 Å². The standard InChI is InChI=1S/C14H22N4O/c1-4-19-12-5-6-16-13(17-12)18-9-10-7-15-8-11(10)14(18,2)3/h5-6,10-11,15H,4,7-9H2,1-3H3. The van der Waals surface area contributed by atoms with E-state index < -0.39 is 0 Å². The van der Waals surface area contributed by atoms with Gasteiger partial charge in [-0.3, -0.25) is 0 Å². The molecule has 0 amide bonds. The maximum Gasteiger partial charge on any atom is 0.229 e. The summed E-state index contributed by atoms with van der Waals surface area (Å²) in [5, 5.41) is 3.49. The second-order valence-electron chi connectivity index (χ2n) is 5.92. The number of anilines is 1. The minimum absolute atomic E-state index is 0.0962. The normalized spacial score (nSPS) is 28.5. The van der Waals surface area contributed by atoms with Crippen LogP contribution in [-0.4, -0.2) is 41.7 Å². The van der Waals surface area contributed by atoms with Crippen LogP contribution in [0.1, 0.15) is 20.8 Å². The highest BCUT2D eigenvalue weighted by molar-refractivity contribution is 5.40. The summed E-state index contributed by atoms with van der Waals surface area (Å²) in [5.74, 6) is 2.84. The third-order valence-corrected chi connectivity index (χ3v) is 4.51. The molecule has 5 nitrogen and oxygen atoms in total. The molecule has 3 heterocycles. The molecule has 19 heavy (non-hydrogen) atoms. The average Bonchev–Trinajstić information content (AvgIpc) is 2.93. The Hall–Kier alpha value is -1.36. The van der Waals surface area contributed by atoms with Crippen LogP contribution in [0.2, 0.25) is 0 Å². The number of nitrogens with one attached hydrogen (secondary N) is 1. The zero-order valence-corrected chi connectivity index (χ0v) is 11.9. The van der Waals surface area contributed by atoms with Gasteiger partial charge in [0.15, 0.2) is 0 Å². The van der Waals surface area contributed by atoms with Gasteiger partial charge in [0.1, 0.15) is 0 Å². The van der Waals surface area contributed by atoms with Crippen molar-refractivity contribution in [1.29, 1.82) is 0 Å². The van der Waals surface area contributed by atoms with Crippen LogP contribution in [0.4, 0.5) is 5.95 Å². The van der Waals surface area contributed by atoms with Crippen molar-refractivity contribution in [1.82, 2.24) is 15.3 Å². The molecule has 0 spiro atoms. The minimum atomic E-state index is 0.0962. The molecule has 1 aromatic heterocycles. The van der Waals surface area contributed by atoms with Crippen LogP contribution in [0.15, 0.2) is 12.3 Å². The van der Waals surface area contributed by atoms with Crippen molar-refractivity contribution >= 4 is 5.95 Å². The summed E-state index contributed by atoms with van der Waals surface area (Å²) in [6.45, 7) is 10.4. The number of nitrogens with zero attached hydrogens (tertiary/aromatic N) is 3. The van der Waals surface area contributed by atoms with E-state index in [1.165, 1.54) is 0 Å². The first-order valence-electron chi connectivity index (χ1n) is 7.07. The summed E-state index contributed by atoms with van der Waals surface area (Å²) in [7, 11) is 0. The Bertz CT molecular complexity index is 463. The van der Waals surface area contributed by atoms with Gasteiger partial charge in [0.2, 0.25) is 11.8 Å². The highest BCUT2D eigenvalue weighted by Gasteiger charge is 2.50. The Morgan fingerprint density at radius 3 is 3.05 bits per heavy atom. The van der Waals surface area contributed by atoms with Gasteiger partial charge < -0.3 is 15.0 Å². The molecule has 2 aliphatic rings. The largest absolute Gasteiger partial charge is 0.478 e. The van der Waals surface area contributed by atoms with Gasteiger partial charge >= 0.3 is 0 Å². The Labute approximate surface area is 114 Å². The third-order valence-electron chi connectivity index (χ3n) is 4.51. The first-order chi connectivity index (χ1) is 9.13. The van der Waals surface area contributed by atoms with E-state index in [1.807, 2.05) is 13.0 Å². The van der Waals surface area contributed by atoms with E-state index in [0.29, 0.717) is 24.3 Å². The zero-order chi connectivity index (χ0) is 13.5. The zero-order valence-electron chi connectivity index (χ0n) is 11.9. The van der Waals surface area contributed by atoms with E-state index in [2.05, 4.69) is 34.0 Å². The Morgan fingerprint density at radius 1 is 1.47 bits per heavy atom. The number of rotatable bonds is 3. The predicted molar refractivity (Wildman–Crippen MR) is 74.5 cm³/mol. The van der Waals surface area contributed by atoms with Gasteiger partial charge in [0.25, 0.3) is 0 Å². The van der Waals surface area contributed by atoms with Crippen molar-refractivity contribution < 1.29 is 4.74 Å². The highest BCUT2D eigenvalue weighted by Crippen LogP contribution is 2.42. The number of hydrogen-bond acceptors (Lipinski definition) is 5. The van der Waals surface area contributed by atoms with E-state index in [4.69, 9.17) is 4.74 Å². The lowest BCUT2D eigenvalue weighted by Crippen LogP contribution is -2.45. The second-order valence-corrected chi connectivity index (χ2v) is 5.92. The summed E-state index contributed by atoms with van der Waals surface area (Å²) >= 11 is 0. The SMILES string of the molecule is CCOc1ccnc(N2CC3CNCC3C2(C)C)n1. The highest BCUT2D eigenvalue weighted by atomic mass is 16.5. The Kier molecular flexibility index (Phi) is 3.09. The van der Waals surface area contributed by atoms with Crippen molar-refractivity contribution in [2.75, 3.05) is 31.1 Å². The third kappa shape index (κ3) is 2.06. The fraction of sp³-hybridized carbons (Fsp3) is 0.714. The minimum Gasteiger partial charge on any atom is -0.478 e. The van der Waals surface area contributed by atoms with Crippen LogP contribution in [0.5, 0.6) is 5.88 Å². The van der Waals surface area contributed by atoms with Crippen molar-refractivity contribution in [3.05, 3.63) is 12.3 Å². The lowest BCUT2D eigenvalue weighted by atomic mass is 9.85. The van der Waals surface area contributed by atoms with Crippen LogP contribution in [0.25, 0.3) is 0 Å². The van der Waals surface area contributed by atoms with Gasteiger partial charge in [-0.1, -0.05) is 0 Å². The maximum atomic E-state index is 5.48. The molecule has 2 aliphatic heterocycles. The molecule has 0 aromatic carbocycles. The fourth-order valence-corrected chi connectivity index (χ4v) is 3.45. The Balaban J connectivity index is 1.88. The molecule has 1 aromatic rings. The Morgan fingerprint density at radius 2 is 2.32 bits per heavy atom. The molecular formula is C14H22N4O. The summed E-state index contributed by atoms with van der Waals surface area (Å²) in [5.41, 5.74) is 0.0962. The van der Waals surface area contributed by atoms with Crippen molar-refractivity contribution in [2.24, 2.45) is 11.8 Å². The number of ether oxygens (including phenoxy) is 1. The van der Waals surface area contributed by atoms with E-state index in [9.17, 15) is 0 Å². The van der Waals surface area contributed by atoms with Crippen LogP contribution >= 0.6 is 0 Å². The first-order valence-corrected chi connectivity index (χ1v) is 7.07.